The van der Waals surface area contributed by atoms with Gasteiger partial charge in [0, 0.05) is 17.4 Å². The van der Waals surface area contributed by atoms with Crippen molar-refractivity contribution in [2.24, 2.45) is 0 Å². The molecule has 1 heterocycles. The van der Waals surface area contributed by atoms with E-state index in [0.717, 1.165) is 12.1 Å². The molecular formula is C25H30F4N2O4Si. The van der Waals surface area contributed by atoms with Crippen molar-refractivity contribution >= 4 is 30.9 Å². The number of ether oxygens (including phenoxy) is 2. The van der Waals surface area contributed by atoms with Crippen molar-refractivity contribution in [1.29, 1.82) is 0 Å². The van der Waals surface area contributed by atoms with Crippen molar-refractivity contribution < 1.29 is 36.6 Å². The van der Waals surface area contributed by atoms with Crippen molar-refractivity contribution in [3.63, 3.8) is 0 Å². The summed E-state index contributed by atoms with van der Waals surface area (Å²) in [5, 5.41) is 2.52. The van der Waals surface area contributed by atoms with Crippen LogP contribution in [-0.2, 0) is 16.0 Å². The van der Waals surface area contributed by atoms with E-state index in [-0.39, 0.29) is 29.6 Å². The van der Waals surface area contributed by atoms with Gasteiger partial charge in [-0.1, -0.05) is 25.7 Å². The summed E-state index contributed by atoms with van der Waals surface area (Å²) in [4.78, 5) is 27.6. The normalized spacial score (nSPS) is 16.0. The predicted octanol–water partition coefficient (Wildman–Crippen LogP) is 5.58. The highest BCUT2D eigenvalue weighted by Crippen LogP contribution is 2.35. The largest absolute Gasteiger partial charge is 0.444 e. The van der Waals surface area contributed by atoms with Crippen LogP contribution in [0.4, 0.5) is 28.0 Å². The summed E-state index contributed by atoms with van der Waals surface area (Å²) < 4.78 is 64.8. The number of anilines is 1. The highest BCUT2D eigenvalue weighted by atomic mass is 28.3. The molecule has 2 amide bonds. The number of carbonyl (C=O) groups excluding carboxylic acids is 2. The average Bonchev–Trinajstić information content (AvgIpc) is 2.69. The molecule has 1 atom stereocenters. The lowest BCUT2D eigenvalue weighted by Crippen LogP contribution is -2.47. The first-order valence-electron chi connectivity index (χ1n) is 11.4. The first-order valence-corrected chi connectivity index (χ1v) is 14.9. The smallest absolute Gasteiger partial charge is 0.411 e. The molecule has 0 saturated carbocycles. The van der Waals surface area contributed by atoms with Crippen molar-refractivity contribution in [2.45, 2.75) is 65.1 Å². The fraction of sp³-hybridized carbons (Fsp3) is 0.440. The predicted molar refractivity (Wildman–Crippen MR) is 130 cm³/mol. The third kappa shape index (κ3) is 6.37. The van der Waals surface area contributed by atoms with Gasteiger partial charge < -0.3 is 14.8 Å². The topological polar surface area (TPSA) is 67.9 Å². The molecule has 0 radical (unpaired) electrons. The lowest BCUT2D eigenvalue weighted by atomic mass is 9.92. The number of nitrogens with zero attached hydrogens (tertiary/aromatic N) is 1. The molecule has 2 aromatic rings. The van der Waals surface area contributed by atoms with E-state index in [1.165, 1.54) is 23.1 Å². The first kappa shape index (κ1) is 27.5. The molecule has 1 aliphatic heterocycles. The van der Waals surface area contributed by atoms with Crippen LogP contribution >= 0.6 is 0 Å². The number of amides is 2. The van der Waals surface area contributed by atoms with Gasteiger partial charge >= 0.3 is 12.7 Å². The van der Waals surface area contributed by atoms with Gasteiger partial charge in [0.25, 0.3) is 5.91 Å². The van der Waals surface area contributed by atoms with Crippen LogP contribution in [0.3, 0.4) is 0 Å². The van der Waals surface area contributed by atoms with E-state index < -0.39 is 50.0 Å². The highest BCUT2D eigenvalue weighted by molar-refractivity contribution is 6.88. The zero-order valence-electron chi connectivity index (χ0n) is 21.0. The summed E-state index contributed by atoms with van der Waals surface area (Å²) >= 11 is 0. The summed E-state index contributed by atoms with van der Waals surface area (Å²) in [6.45, 7) is 7.47. The van der Waals surface area contributed by atoms with E-state index in [0.29, 0.717) is 11.1 Å². The lowest BCUT2D eigenvalue weighted by molar-refractivity contribution is -0.122. The molecule has 196 valence electrons. The van der Waals surface area contributed by atoms with Crippen molar-refractivity contribution in [3.8, 4) is 5.75 Å². The molecular weight excluding hydrogens is 496 g/mol. The van der Waals surface area contributed by atoms with Gasteiger partial charge in [-0.25, -0.2) is 13.6 Å². The molecule has 1 aliphatic rings. The number of hydrogen-bond donors (Lipinski definition) is 1. The molecule has 0 aromatic heterocycles. The van der Waals surface area contributed by atoms with Crippen molar-refractivity contribution in [2.75, 3.05) is 11.9 Å². The maximum absolute atomic E-state index is 14.8. The Morgan fingerprint density at radius 3 is 2.22 bits per heavy atom. The van der Waals surface area contributed by atoms with Gasteiger partial charge in [-0.15, -0.1) is 0 Å². The Labute approximate surface area is 208 Å². The highest BCUT2D eigenvalue weighted by Gasteiger charge is 2.38. The van der Waals surface area contributed by atoms with Crippen molar-refractivity contribution in [3.05, 3.63) is 53.1 Å². The monoisotopic (exact) mass is 526 g/mol. The fourth-order valence-corrected chi connectivity index (χ4v) is 5.73. The Bertz CT molecular complexity index is 1140. The minimum absolute atomic E-state index is 0.0189. The molecule has 0 unspecified atom stereocenters. The Balaban J connectivity index is 1.99. The number of hydrogen-bond acceptors (Lipinski definition) is 4. The Morgan fingerprint density at radius 1 is 1.08 bits per heavy atom. The van der Waals surface area contributed by atoms with E-state index >= 15 is 0 Å². The number of alkyl halides is 2. The SMILES string of the molecule is CC(C)(C)OC(=O)N1CCc2cc(OC(F)F)ccc2[C@H]1C(=O)Nc1cc(F)c([Si](C)(C)C)c(F)c1. The zero-order valence-corrected chi connectivity index (χ0v) is 22.0. The van der Waals surface area contributed by atoms with Gasteiger partial charge in [0.15, 0.2) is 0 Å². The Kier molecular flexibility index (Phi) is 7.73. The van der Waals surface area contributed by atoms with Gasteiger partial charge in [-0.3, -0.25) is 9.69 Å². The second-order valence-electron chi connectivity index (χ2n) is 10.6. The maximum atomic E-state index is 14.8. The molecule has 2 aromatic carbocycles. The number of benzene rings is 2. The number of halogens is 4. The first-order chi connectivity index (χ1) is 16.6. The van der Waals surface area contributed by atoms with Gasteiger partial charge in [0.05, 0.1) is 8.07 Å². The van der Waals surface area contributed by atoms with Crippen LogP contribution < -0.4 is 15.2 Å². The van der Waals surface area contributed by atoms with Crippen LogP contribution in [-0.4, -0.2) is 43.7 Å². The quantitative estimate of drug-likeness (QED) is 0.408. The van der Waals surface area contributed by atoms with Crippen LogP contribution in [0.5, 0.6) is 5.75 Å². The molecule has 0 fully saturated rings. The van der Waals surface area contributed by atoms with Gasteiger partial charge in [-0.05, 0) is 62.6 Å². The van der Waals surface area contributed by atoms with Crippen LogP contribution in [0.25, 0.3) is 0 Å². The molecule has 6 nitrogen and oxygen atoms in total. The van der Waals surface area contributed by atoms with E-state index in [1.54, 1.807) is 40.4 Å². The second-order valence-corrected chi connectivity index (χ2v) is 15.6. The van der Waals surface area contributed by atoms with Crippen molar-refractivity contribution in [1.82, 2.24) is 4.90 Å². The van der Waals surface area contributed by atoms with E-state index in [1.807, 2.05) is 0 Å². The third-order valence-electron chi connectivity index (χ3n) is 5.50. The molecule has 0 aliphatic carbocycles. The minimum Gasteiger partial charge on any atom is -0.444 e. The summed E-state index contributed by atoms with van der Waals surface area (Å²) in [6.07, 6.45) is -0.500. The molecule has 11 heteroatoms. The lowest BCUT2D eigenvalue weighted by Gasteiger charge is -2.37. The molecule has 0 saturated heterocycles. The van der Waals surface area contributed by atoms with E-state index in [2.05, 4.69) is 10.1 Å². The van der Waals surface area contributed by atoms with Crippen LogP contribution in [0.15, 0.2) is 30.3 Å². The zero-order chi connectivity index (χ0) is 27.0. The number of nitrogens with one attached hydrogen (secondary N) is 1. The summed E-state index contributed by atoms with van der Waals surface area (Å²) in [5.74, 6) is -2.33. The molecule has 1 N–H and O–H groups in total. The minimum atomic E-state index is -3.02. The van der Waals surface area contributed by atoms with Gasteiger partial charge in [0.2, 0.25) is 0 Å². The number of rotatable bonds is 5. The summed E-state index contributed by atoms with van der Waals surface area (Å²) in [5.41, 5.74) is -0.0527. The Morgan fingerprint density at radius 2 is 1.69 bits per heavy atom. The van der Waals surface area contributed by atoms with Gasteiger partial charge in [-0.2, -0.15) is 8.78 Å². The summed E-state index contributed by atoms with van der Waals surface area (Å²) in [6, 6.07) is 4.95. The molecule has 3 rings (SSSR count). The number of carbonyl (C=O) groups is 2. The van der Waals surface area contributed by atoms with E-state index in [4.69, 9.17) is 4.74 Å². The fourth-order valence-electron chi connectivity index (χ4n) is 4.15. The standard InChI is InChI=1S/C25H30F4N2O4Si/c1-25(2,3)35-24(33)31-10-9-14-11-16(34-23(28)29)7-8-17(14)20(31)22(32)30-15-12-18(26)21(19(27)13-15)36(4,5)6/h7-8,11-13,20,23H,9-10H2,1-6H3,(H,30,32)/t20-/m0/s1. The van der Waals surface area contributed by atoms with Crippen LogP contribution in [0, 0.1) is 11.6 Å². The van der Waals surface area contributed by atoms with E-state index in [9.17, 15) is 27.2 Å². The third-order valence-corrected chi connectivity index (χ3v) is 7.48. The summed E-state index contributed by atoms with van der Waals surface area (Å²) in [7, 11) is -2.33. The molecule has 0 bridgehead atoms. The average molecular weight is 527 g/mol. The Hall–Kier alpha value is -3.08. The number of fused-ring (bicyclic) bond motifs is 1. The van der Waals surface area contributed by atoms with Crippen LogP contribution in [0.2, 0.25) is 19.6 Å². The van der Waals surface area contributed by atoms with Gasteiger partial charge in [0.1, 0.15) is 29.0 Å². The molecule has 36 heavy (non-hydrogen) atoms. The second kappa shape index (κ2) is 10.1. The molecule has 0 spiro atoms. The van der Waals surface area contributed by atoms with Crippen LogP contribution in [0.1, 0.15) is 37.9 Å². The maximum Gasteiger partial charge on any atom is 0.411 e.